The van der Waals surface area contributed by atoms with Crippen molar-refractivity contribution in [3.8, 4) is 0 Å². The Hall–Kier alpha value is -1.84. The minimum Gasteiger partial charge on any atom is -0.444 e. The SMILES string of the molecule is Cc1cnc(CNc2cc(F)ccc2C)o1. The van der Waals surface area contributed by atoms with Gasteiger partial charge in [-0.05, 0) is 31.5 Å². The summed E-state index contributed by atoms with van der Waals surface area (Å²) >= 11 is 0. The highest BCUT2D eigenvalue weighted by Crippen LogP contribution is 2.16. The maximum absolute atomic E-state index is 13.0. The molecule has 1 N–H and O–H groups in total. The summed E-state index contributed by atoms with van der Waals surface area (Å²) in [6.45, 7) is 4.21. The summed E-state index contributed by atoms with van der Waals surface area (Å²) in [6.07, 6.45) is 1.66. The summed E-state index contributed by atoms with van der Waals surface area (Å²) in [7, 11) is 0. The normalized spacial score (nSPS) is 10.4. The van der Waals surface area contributed by atoms with Crippen LogP contribution in [0.25, 0.3) is 0 Å². The Balaban J connectivity index is 2.07. The lowest BCUT2D eigenvalue weighted by atomic mass is 10.2. The molecule has 16 heavy (non-hydrogen) atoms. The summed E-state index contributed by atoms with van der Waals surface area (Å²) in [5.74, 6) is 1.12. The molecule has 0 unspecified atom stereocenters. The Bertz CT molecular complexity index is 494. The molecule has 1 heterocycles. The molecular weight excluding hydrogens is 207 g/mol. The highest BCUT2D eigenvalue weighted by Gasteiger charge is 2.03. The Labute approximate surface area is 93.3 Å². The molecule has 0 bridgehead atoms. The molecule has 0 radical (unpaired) electrons. The third kappa shape index (κ3) is 2.39. The van der Waals surface area contributed by atoms with Gasteiger partial charge in [-0.25, -0.2) is 9.37 Å². The van der Waals surface area contributed by atoms with E-state index < -0.39 is 0 Å². The lowest BCUT2D eigenvalue weighted by Gasteiger charge is -2.07. The molecule has 0 amide bonds. The van der Waals surface area contributed by atoms with Gasteiger partial charge in [0, 0.05) is 5.69 Å². The monoisotopic (exact) mass is 220 g/mol. The number of benzene rings is 1. The minimum absolute atomic E-state index is 0.253. The third-order valence-electron chi connectivity index (χ3n) is 2.30. The zero-order valence-corrected chi connectivity index (χ0v) is 9.25. The number of anilines is 1. The van der Waals surface area contributed by atoms with Crippen molar-refractivity contribution < 1.29 is 8.81 Å². The Kier molecular flexibility index (Phi) is 2.90. The van der Waals surface area contributed by atoms with Crippen LogP contribution in [0.4, 0.5) is 10.1 Å². The van der Waals surface area contributed by atoms with Gasteiger partial charge in [0.25, 0.3) is 0 Å². The quantitative estimate of drug-likeness (QED) is 0.863. The first-order valence-electron chi connectivity index (χ1n) is 5.06. The van der Waals surface area contributed by atoms with Gasteiger partial charge in [0.1, 0.15) is 11.6 Å². The van der Waals surface area contributed by atoms with Gasteiger partial charge in [-0.3, -0.25) is 0 Å². The minimum atomic E-state index is -0.253. The first-order valence-corrected chi connectivity index (χ1v) is 5.06. The molecule has 0 aliphatic carbocycles. The fourth-order valence-corrected chi connectivity index (χ4v) is 1.44. The largest absolute Gasteiger partial charge is 0.444 e. The van der Waals surface area contributed by atoms with Crippen molar-refractivity contribution in [3.05, 3.63) is 47.4 Å². The summed E-state index contributed by atoms with van der Waals surface area (Å²) < 4.78 is 18.3. The van der Waals surface area contributed by atoms with Gasteiger partial charge in [-0.15, -0.1) is 0 Å². The Morgan fingerprint density at radius 3 is 2.88 bits per heavy atom. The molecule has 84 valence electrons. The molecule has 2 rings (SSSR count). The molecule has 1 aromatic carbocycles. The van der Waals surface area contributed by atoms with Crippen LogP contribution >= 0.6 is 0 Å². The van der Waals surface area contributed by atoms with E-state index in [0.29, 0.717) is 12.4 Å². The van der Waals surface area contributed by atoms with Crippen molar-refractivity contribution >= 4 is 5.69 Å². The van der Waals surface area contributed by atoms with E-state index in [1.807, 2.05) is 13.8 Å². The lowest BCUT2D eigenvalue weighted by molar-refractivity contribution is 0.479. The topological polar surface area (TPSA) is 38.1 Å². The second-order valence-electron chi connectivity index (χ2n) is 3.68. The van der Waals surface area contributed by atoms with E-state index in [0.717, 1.165) is 17.0 Å². The van der Waals surface area contributed by atoms with Crippen molar-refractivity contribution in [1.29, 1.82) is 0 Å². The van der Waals surface area contributed by atoms with Crippen molar-refractivity contribution in [2.24, 2.45) is 0 Å². The summed E-state index contributed by atoms with van der Waals surface area (Å²) in [5, 5.41) is 3.09. The molecule has 0 aliphatic rings. The van der Waals surface area contributed by atoms with E-state index >= 15 is 0 Å². The number of aryl methyl sites for hydroxylation is 2. The number of oxazole rings is 1. The summed E-state index contributed by atoms with van der Waals surface area (Å²) in [4.78, 5) is 4.06. The zero-order chi connectivity index (χ0) is 11.5. The second kappa shape index (κ2) is 4.35. The van der Waals surface area contributed by atoms with E-state index in [1.54, 1.807) is 12.3 Å². The van der Waals surface area contributed by atoms with E-state index in [1.165, 1.54) is 12.1 Å². The van der Waals surface area contributed by atoms with Crippen LogP contribution in [0.1, 0.15) is 17.2 Å². The molecule has 0 saturated heterocycles. The number of hydrogen-bond donors (Lipinski definition) is 1. The van der Waals surface area contributed by atoms with Gasteiger partial charge in [-0.1, -0.05) is 6.07 Å². The molecule has 0 saturated carbocycles. The van der Waals surface area contributed by atoms with Crippen LogP contribution in [0.3, 0.4) is 0 Å². The maximum Gasteiger partial charge on any atom is 0.213 e. The van der Waals surface area contributed by atoms with Gasteiger partial charge < -0.3 is 9.73 Å². The highest BCUT2D eigenvalue weighted by molar-refractivity contribution is 5.50. The van der Waals surface area contributed by atoms with E-state index in [2.05, 4.69) is 10.3 Å². The molecule has 0 atom stereocenters. The lowest BCUT2D eigenvalue weighted by Crippen LogP contribution is -2.01. The fraction of sp³-hybridized carbons (Fsp3) is 0.250. The maximum atomic E-state index is 13.0. The van der Waals surface area contributed by atoms with E-state index in [-0.39, 0.29) is 5.82 Å². The summed E-state index contributed by atoms with van der Waals surface area (Å²) in [6, 6.07) is 4.64. The Morgan fingerprint density at radius 2 is 2.19 bits per heavy atom. The average Bonchev–Trinajstić information content (AvgIpc) is 2.66. The van der Waals surface area contributed by atoms with Gasteiger partial charge in [0.05, 0.1) is 12.7 Å². The molecule has 0 spiro atoms. The number of hydrogen-bond acceptors (Lipinski definition) is 3. The molecule has 2 aromatic rings. The number of rotatable bonds is 3. The van der Waals surface area contributed by atoms with E-state index in [9.17, 15) is 4.39 Å². The number of halogens is 1. The zero-order valence-electron chi connectivity index (χ0n) is 9.25. The van der Waals surface area contributed by atoms with Gasteiger partial charge >= 0.3 is 0 Å². The molecular formula is C12H13FN2O. The number of nitrogens with zero attached hydrogens (tertiary/aromatic N) is 1. The average molecular weight is 220 g/mol. The number of aromatic nitrogens is 1. The van der Waals surface area contributed by atoms with Gasteiger partial charge in [0.2, 0.25) is 5.89 Å². The van der Waals surface area contributed by atoms with Crippen LogP contribution in [0.2, 0.25) is 0 Å². The van der Waals surface area contributed by atoms with Crippen LogP contribution < -0.4 is 5.32 Å². The third-order valence-corrected chi connectivity index (χ3v) is 2.30. The number of nitrogens with one attached hydrogen (secondary N) is 1. The van der Waals surface area contributed by atoms with E-state index in [4.69, 9.17) is 4.42 Å². The molecule has 4 heteroatoms. The first-order chi connectivity index (χ1) is 7.65. The highest BCUT2D eigenvalue weighted by atomic mass is 19.1. The van der Waals surface area contributed by atoms with Crippen molar-refractivity contribution in [1.82, 2.24) is 4.98 Å². The smallest absolute Gasteiger partial charge is 0.213 e. The molecule has 0 fully saturated rings. The van der Waals surface area contributed by atoms with Crippen LogP contribution in [0.15, 0.2) is 28.8 Å². The van der Waals surface area contributed by atoms with Crippen LogP contribution in [0, 0.1) is 19.7 Å². The predicted octanol–water partition coefficient (Wildman–Crippen LogP) is 3.04. The molecule has 0 aliphatic heterocycles. The first kappa shape index (κ1) is 10.7. The van der Waals surface area contributed by atoms with Crippen LogP contribution in [-0.2, 0) is 6.54 Å². The van der Waals surface area contributed by atoms with Gasteiger partial charge in [-0.2, -0.15) is 0 Å². The van der Waals surface area contributed by atoms with Crippen LogP contribution in [-0.4, -0.2) is 4.98 Å². The molecule has 1 aromatic heterocycles. The Morgan fingerprint density at radius 1 is 1.38 bits per heavy atom. The second-order valence-corrected chi connectivity index (χ2v) is 3.68. The van der Waals surface area contributed by atoms with Gasteiger partial charge in [0.15, 0.2) is 0 Å². The molecule has 3 nitrogen and oxygen atoms in total. The summed E-state index contributed by atoms with van der Waals surface area (Å²) in [5.41, 5.74) is 1.75. The standard InChI is InChI=1S/C12H13FN2O/c1-8-3-4-10(13)5-11(8)14-7-12-15-6-9(2)16-12/h3-6,14H,7H2,1-2H3. The predicted molar refractivity (Wildman–Crippen MR) is 59.7 cm³/mol. The van der Waals surface area contributed by atoms with Crippen molar-refractivity contribution in [2.45, 2.75) is 20.4 Å². The van der Waals surface area contributed by atoms with Crippen molar-refractivity contribution in [2.75, 3.05) is 5.32 Å². The fourth-order valence-electron chi connectivity index (χ4n) is 1.44. The van der Waals surface area contributed by atoms with Crippen molar-refractivity contribution in [3.63, 3.8) is 0 Å². The van der Waals surface area contributed by atoms with Crippen LogP contribution in [0.5, 0.6) is 0 Å².